The number of nitrogens with zero attached hydrogens (tertiary/aromatic N) is 1. The van der Waals surface area contributed by atoms with Crippen molar-refractivity contribution in [1.29, 1.82) is 0 Å². The molecule has 0 unspecified atom stereocenters. The van der Waals surface area contributed by atoms with Crippen molar-refractivity contribution in [1.82, 2.24) is 10.1 Å². The third-order valence-corrected chi connectivity index (χ3v) is 2.75. The van der Waals surface area contributed by atoms with Gasteiger partial charge in [-0.3, -0.25) is 0 Å². The molecule has 0 saturated heterocycles. The molecule has 0 radical (unpaired) electrons. The Labute approximate surface area is 105 Å². The van der Waals surface area contributed by atoms with Gasteiger partial charge in [-0.2, -0.15) is 13.2 Å². The Bertz CT molecular complexity index is 742. The average Bonchev–Trinajstić information content (AvgIpc) is 2.92. The second kappa shape index (κ2) is 3.78. The Morgan fingerprint density at radius 1 is 1.16 bits per heavy atom. The minimum Gasteiger partial charge on any atom is -0.368 e. The number of alkyl halides is 3. The van der Waals surface area contributed by atoms with Crippen LogP contribution in [-0.2, 0) is 6.18 Å². The van der Waals surface area contributed by atoms with Crippen LogP contribution in [0.2, 0.25) is 0 Å². The minimum atomic E-state index is -4.36. The van der Waals surface area contributed by atoms with Crippen LogP contribution < -0.4 is 5.73 Å². The van der Waals surface area contributed by atoms with Crippen LogP contribution in [0.25, 0.3) is 22.3 Å². The fraction of sp³-hybridized carbons (Fsp3) is 0.0833. The maximum atomic E-state index is 12.6. The summed E-state index contributed by atoms with van der Waals surface area (Å²) in [5, 5.41) is 4.15. The smallest absolute Gasteiger partial charge is 0.368 e. The van der Waals surface area contributed by atoms with Gasteiger partial charge in [0.25, 0.3) is 0 Å². The van der Waals surface area contributed by atoms with E-state index in [4.69, 9.17) is 10.3 Å². The summed E-state index contributed by atoms with van der Waals surface area (Å²) in [6.07, 6.45) is -4.36. The van der Waals surface area contributed by atoms with E-state index >= 15 is 0 Å². The molecule has 0 amide bonds. The summed E-state index contributed by atoms with van der Waals surface area (Å²) in [6.45, 7) is 0. The molecule has 0 aliphatic heterocycles. The molecule has 4 nitrogen and oxygen atoms in total. The van der Waals surface area contributed by atoms with E-state index in [0.29, 0.717) is 22.3 Å². The molecular formula is C12H8F3N3O. The van der Waals surface area contributed by atoms with E-state index in [9.17, 15) is 13.2 Å². The number of nitrogens with one attached hydrogen (secondary N) is 1. The highest BCUT2D eigenvalue weighted by molar-refractivity contribution is 5.86. The van der Waals surface area contributed by atoms with Crippen LogP contribution in [-0.4, -0.2) is 10.1 Å². The van der Waals surface area contributed by atoms with Crippen molar-refractivity contribution in [3.8, 4) is 11.4 Å². The number of nitrogen functional groups attached to an aromatic ring is 1. The quantitative estimate of drug-likeness (QED) is 0.709. The van der Waals surface area contributed by atoms with Crippen LogP contribution in [0.4, 0.5) is 19.1 Å². The standard InChI is InChI=1S/C12H8F3N3O/c13-12(14,15)7-1-2-8-6(3-7)4-9(17-8)10-5-11(16)19-18-10/h1-5,17H,16H2. The summed E-state index contributed by atoms with van der Waals surface area (Å²) in [5.74, 6) is 0.143. The predicted octanol–water partition coefficient (Wildman–Crippen LogP) is 3.42. The van der Waals surface area contributed by atoms with E-state index < -0.39 is 11.7 Å². The van der Waals surface area contributed by atoms with E-state index in [1.807, 2.05) is 0 Å². The zero-order valence-corrected chi connectivity index (χ0v) is 9.45. The fourth-order valence-electron chi connectivity index (χ4n) is 1.86. The van der Waals surface area contributed by atoms with Gasteiger partial charge >= 0.3 is 6.18 Å². The summed E-state index contributed by atoms with van der Waals surface area (Å²) in [6, 6.07) is 6.56. The molecular weight excluding hydrogens is 259 g/mol. The van der Waals surface area contributed by atoms with E-state index in [2.05, 4.69) is 10.1 Å². The van der Waals surface area contributed by atoms with E-state index in [-0.39, 0.29) is 5.88 Å². The van der Waals surface area contributed by atoms with E-state index in [1.165, 1.54) is 12.1 Å². The molecule has 98 valence electrons. The fourth-order valence-corrected chi connectivity index (χ4v) is 1.86. The first-order valence-corrected chi connectivity index (χ1v) is 5.36. The molecule has 0 fully saturated rings. The van der Waals surface area contributed by atoms with Gasteiger partial charge < -0.3 is 15.2 Å². The zero-order valence-electron chi connectivity index (χ0n) is 9.45. The van der Waals surface area contributed by atoms with Gasteiger partial charge in [0.05, 0.1) is 11.3 Å². The predicted molar refractivity (Wildman–Crippen MR) is 63.2 cm³/mol. The molecule has 0 atom stereocenters. The Kier molecular flexibility index (Phi) is 2.31. The molecule has 19 heavy (non-hydrogen) atoms. The molecule has 0 aliphatic rings. The second-order valence-electron chi connectivity index (χ2n) is 4.10. The molecule has 3 aromatic rings. The van der Waals surface area contributed by atoms with Crippen molar-refractivity contribution in [3.63, 3.8) is 0 Å². The highest BCUT2D eigenvalue weighted by atomic mass is 19.4. The summed E-state index contributed by atoms with van der Waals surface area (Å²) >= 11 is 0. The highest BCUT2D eigenvalue weighted by Gasteiger charge is 2.30. The van der Waals surface area contributed by atoms with Crippen molar-refractivity contribution in [2.45, 2.75) is 6.18 Å². The number of anilines is 1. The van der Waals surface area contributed by atoms with Gasteiger partial charge in [-0.1, -0.05) is 5.16 Å². The van der Waals surface area contributed by atoms with Crippen molar-refractivity contribution in [3.05, 3.63) is 35.9 Å². The lowest BCUT2D eigenvalue weighted by atomic mass is 10.1. The Morgan fingerprint density at radius 3 is 2.58 bits per heavy atom. The Hall–Kier alpha value is -2.44. The van der Waals surface area contributed by atoms with Crippen LogP contribution in [0.15, 0.2) is 34.9 Å². The monoisotopic (exact) mass is 267 g/mol. The molecule has 3 N–H and O–H groups in total. The van der Waals surface area contributed by atoms with Crippen LogP contribution in [0.1, 0.15) is 5.56 Å². The molecule has 2 aromatic heterocycles. The van der Waals surface area contributed by atoms with Crippen molar-refractivity contribution in [2.75, 3.05) is 5.73 Å². The van der Waals surface area contributed by atoms with Crippen molar-refractivity contribution >= 4 is 16.8 Å². The number of hydrogen-bond acceptors (Lipinski definition) is 3. The topological polar surface area (TPSA) is 67.8 Å². The largest absolute Gasteiger partial charge is 0.416 e. The van der Waals surface area contributed by atoms with Crippen LogP contribution >= 0.6 is 0 Å². The third kappa shape index (κ3) is 2.03. The molecule has 0 aliphatic carbocycles. The lowest BCUT2D eigenvalue weighted by Crippen LogP contribution is -2.03. The highest BCUT2D eigenvalue weighted by Crippen LogP contribution is 2.32. The van der Waals surface area contributed by atoms with Gasteiger partial charge in [0.1, 0.15) is 5.69 Å². The van der Waals surface area contributed by atoms with Gasteiger partial charge in [0.2, 0.25) is 5.88 Å². The molecule has 0 bridgehead atoms. The summed E-state index contributed by atoms with van der Waals surface area (Å²) in [5.41, 5.74) is 6.29. The van der Waals surface area contributed by atoms with Crippen LogP contribution in [0, 0.1) is 0 Å². The van der Waals surface area contributed by atoms with E-state index in [0.717, 1.165) is 12.1 Å². The number of H-pyrrole nitrogens is 1. The van der Waals surface area contributed by atoms with Crippen molar-refractivity contribution < 1.29 is 17.7 Å². The van der Waals surface area contributed by atoms with Gasteiger partial charge in [-0.25, -0.2) is 0 Å². The lowest BCUT2D eigenvalue weighted by Gasteiger charge is -2.05. The first-order chi connectivity index (χ1) is 8.93. The van der Waals surface area contributed by atoms with Gasteiger partial charge in [0, 0.05) is 17.0 Å². The van der Waals surface area contributed by atoms with Gasteiger partial charge in [-0.05, 0) is 24.3 Å². The summed E-state index contributed by atoms with van der Waals surface area (Å²) < 4.78 is 42.5. The number of rotatable bonds is 1. The molecule has 0 spiro atoms. The summed E-state index contributed by atoms with van der Waals surface area (Å²) in [7, 11) is 0. The zero-order chi connectivity index (χ0) is 13.6. The molecule has 0 saturated carbocycles. The third-order valence-electron chi connectivity index (χ3n) is 2.75. The maximum absolute atomic E-state index is 12.6. The number of hydrogen-bond donors (Lipinski definition) is 2. The average molecular weight is 267 g/mol. The number of fused-ring (bicyclic) bond motifs is 1. The number of benzene rings is 1. The molecule has 7 heteroatoms. The first kappa shape index (κ1) is 11.6. The number of nitrogens with two attached hydrogens (primary N) is 1. The number of aromatic amines is 1. The Morgan fingerprint density at radius 2 is 1.95 bits per heavy atom. The second-order valence-corrected chi connectivity index (χ2v) is 4.10. The minimum absolute atomic E-state index is 0.143. The summed E-state index contributed by atoms with van der Waals surface area (Å²) in [4.78, 5) is 2.96. The van der Waals surface area contributed by atoms with Gasteiger partial charge in [0.15, 0.2) is 0 Å². The molecule has 2 heterocycles. The van der Waals surface area contributed by atoms with Crippen LogP contribution in [0.5, 0.6) is 0 Å². The van der Waals surface area contributed by atoms with E-state index in [1.54, 1.807) is 6.07 Å². The SMILES string of the molecule is Nc1cc(-c2cc3cc(C(F)(F)F)ccc3[nH]2)no1. The normalized spacial score (nSPS) is 12.2. The first-order valence-electron chi connectivity index (χ1n) is 5.36. The molecule has 1 aromatic carbocycles. The van der Waals surface area contributed by atoms with Crippen molar-refractivity contribution in [2.24, 2.45) is 0 Å². The lowest BCUT2D eigenvalue weighted by molar-refractivity contribution is -0.137. The Balaban J connectivity index is 2.11. The maximum Gasteiger partial charge on any atom is 0.416 e. The number of halogens is 3. The van der Waals surface area contributed by atoms with Gasteiger partial charge in [-0.15, -0.1) is 0 Å². The van der Waals surface area contributed by atoms with Crippen LogP contribution in [0.3, 0.4) is 0 Å². The molecule has 3 rings (SSSR count). The number of aromatic nitrogens is 2.